The first-order chi connectivity index (χ1) is 19.3. The average molecular weight is 595 g/mol. The van der Waals surface area contributed by atoms with Crippen molar-refractivity contribution < 1.29 is 42.2 Å². The lowest BCUT2D eigenvalue weighted by Crippen LogP contribution is -2.41. The number of ether oxygens (including phenoxy) is 2. The van der Waals surface area contributed by atoms with E-state index in [9.17, 15) is 19.3 Å². The Balaban J connectivity index is 1.55. The third-order valence-corrected chi connectivity index (χ3v) is 7.70. The highest BCUT2D eigenvalue weighted by Crippen LogP contribution is 2.48. The van der Waals surface area contributed by atoms with E-state index in [2.05, 4.69) is 25.4 Å². The largest absolute Gasteiger partial charge is 0.462 e. The maximum atomic E-state index is 16.0. The molecule has 0 unspecified atom stereocenters. The number of carbonyl (C=O) groups is 2. The first-order valence-electron chi connectivity index (χ1n) is 12.8. The van der Waals surface area contributed by atoms with Crippen LogP contribution in [-0.2, 0) is 28.2 Å². The molecule has 3 N–H and O–H groups in total. The lowest BCUT2D eigenvalue weighted by molar-refractivity contribution is -0.149. The molecule has 1 aliphatic rings. The smallest absolute Gasteiger partial charge is 0.459 e. The van der Waals surface area contributed by atoms with E-state index in [4.69, 9.17) is 18.5 Å². The van der Waals surface area contributed by atoms with E-state index in [1.165, 1.54) is 43.2 Å². The SMILES string of the molecule is CC(=O)Nc1ncnc2c1ncn2[C@@H]1O[C@H](CO[P@@](=O)(N[C@@H](C)C(=O)OC(C)C)Oc2ccccc2)[C@@H](O)[C@@]1(C)F. The molecule has 16 heteroatoms. The third-order valence-electron chi connectivity index (χ3n) is 6.06. The fourth-order valence-corrected chi connectivity index (χ4v) is 5.64. The van der Waals surface area contributed by atoms with Crippen molar-refractivity contribution >= 4 is 36.6 Å². The predicted octanol–water partition coefficient (Wildman–Crippen LogP) is 2.90. The Bertz CT molecular complexity index is 1440. The van der Waals surface area contributed by atoms with Crippen molar-refractivity contribution in [2.24, 2.45) is 0 Å². The average Bonchev–Trinajstić information content (AvgIpc) is 3.41. The van der Waals surface area contributed by atoms with Crippen molar-refractivity contribution in [2.45, 2.75) is 70.9 Å². The minimum Gasteiger partial charge on any atom is -0.462 e. The van der Waals surface area contributed by atoms with Crippen molar-refractivity contribution in [2.75, 3.05) is 11.9 Å². The summed E-state index contributed by atoms with van der Waals surface area (Å²) in [4.78, 5) is 36.2. The number of rotatable bonds is 11. The second-order valence-corrected chi connectivity index (χ2v) is 11.6. The van der Waals surface area contributed by atoms with E-state index in [1.54, 1.807) is 32.0 Å². The number of halogens is 1. The molecule has 41 heavy (non-hydrogen) atoms. The molecular formula is C25H32FN6O8P. The number of hydrogen-bond acceptors (Lipinski definition) is 11. The number of benzene rings is 1. The fourth-order valence-electron chi connectivity index (χ4n) is 4.14. The number of aromatic nitrogens is 4. The fraction of sp³-hybridized carbons (Fsp3) is 0.480. The summed E-state index contributed by atoms with van der Waals surface area (Å²) in [7, 11) is -4.30. The number of amides is 1. The van der Waals surface area contributed by atoms with E-state index in [1.807, 2.05) is 0 Å². The van der Waals surface area contributed by atoms with Gasteiger partial charge in [0.25, 0.3) is 0 Å². The van der Waals surface area contributed by atoms with Crippen LogP contribution in [-0.4, -0.2) is 73.1 Å². The molecule has 222 valence electrons. The highest BCUT2D eigenvalue weighted by Gasteiger charge is 2.56. The molecule has 0 aliphatic carbocycles. The molecule has 2 aromatic heterocycles. The topological polar surface area (TPSA) is 176 Å². The number of anilines is 1. The molecule has 0 bridgehead atoms. The van der Waals surface area contributed by atoms with Gasteiger partial charge in [0.15, 0.2) is 28.9 Å². The molecule has 4 rings (SSSR count). The monoisotopic (exact) mass is 594 g/mol. The summed E-state index contributed by atoms with van der Waals surface area (Å²) in [5.74, 6) is -0.785. The standard InChI is InChI=1S/C25H32FN6O8P/c1-14(2)38-23(35)15(3)31-41(36,40-17-9-7-6-8-10-17)37-11-18-20(34)25(5,26)24(39-18)32-13-29-19-21(30-16(4)33)27-12-28-22(19)32/h6-10,12-15,18,20,24,34H,11H2,1-5H3,(H,31,36)(H,27,28,30,33)/t15-,18+,20+,24+,25+,41-/m0/s1. The van der Waals surface area contributed by atoms with Gasteiger partial charge in [0.2, 0.25) is 5.91 Å². The van der Waals surface area contributed by atoms with Crippen LogP contribution >= 0.6 is 7.75 Å². The van der Waals surface area contributed by atoms with Gasteiger partial charge in [0.05, 0.1) is 19.0 Å². The number of hydrogen-bond donors (Lipinski definition) is 3. The first kappa shape index (κ1) is 30.5. The van der Waals surface area contributed by atoms with Crippen LogP contribution in [0.1, 0.15) is 40.8 Å². The minimum absolute atomic E-state index is 0.121. The summed E-state index contributed by atoms with van der Waals surface area (Å²) in [6, 6.07) is 6.99. The van der Waals surface area contributed by atoms with Crippen LogP contribution in [0.25, 0.3) is 11.2 Å². The molecule has 0 spiro atoms. The zero-order valence-corrected chi connectivity index (χ0v) is 23.9. The second-order valence-electron chi connectivity index (χ2n) is 9.88. The van der Waals surface area contributed by atoms with E-state index in [0.29, 0.717) is 0 Å². The Morgan fingerprint density at radius 3 is 2.59 bits per heavy atom. The highest BCUT2D eigenvalue weighted by molar-refractivity contribution is 7.52. The summed E-state index contributed by atoms with van der Waals surface area (Å²) in [5, 5.41) is 15.9. The molecule has 1 saturated heterocycles. The van der Waals surface area contributed by atoms with Gasteiger partial charge in [-0.2, -0.15) is 5.09 Å². The van der Waals surface area contributed by atoms with Crippen LogP contribution in [0.2, 0.25) is 0 Å². The van der Waals surface area contributed by atoms with Crippen molar-refractivity contribution in [3.8, 4) is 5.75 Å². The van der Waals surface area contributed by atoms with Gasteiger partial charge in [-0.25, -0.2) is 23.9 Å². The molecule has 1 amide bonds. The maximum Gasteiger partial charge on any atom is 0.459 e. The number of para-hydroxylation sites is 1. The Labute approximate surface area is 235 Å². The number of alkyl halides is 1. The van der Waals surface area contributed by atoms with Crippen LogP contribution in [0.5, 0.6) is 5.75 Å². The summed E-state index contributed by atoms with van der Waals surface area (Å²) < 4.78 is 53.2. The predicted molar refractivity (Wildman–Crippen MR) is 144 cm³/mol. The van der Waals surface area contributed by atoms with Gasteiger partial charge in [-0.3, -0.25) is 18.7 Å². The van der Waals surface area contributed by atoms with Crippen LogP contribution < -0.4 is 14.9 Å². The molecule has 0 saturated carbocycles. The maximum absolute atomic E-state index is 16.0. The number of carbonyl (C=O) groups excluding carboxylic acids is 2. The number of aliphatic hydroxyl groups is 1. The number of nitrogens with zero attached hydrogens (tertiary/aromatic N) is 4. The number of fused-ring (bicyclic) bond motifs is 1. The molecular weight excluding hydrogens is 562 g/mol. The van der Waals surface area contributed by atoms with Gasteiger partial charge < -0.3 is 24.4 Å². The Morgan fingerprint density at radius 2 is 1.93 bits per heavy atom. The molecule has 0 radical (unpaired) electrons. The van der Waals surface area contributed by atoms with E-state index < -0.39 is 56.6 Å². The number of nitrogens with one attached hydrogen (secondary N) is 2. The van der Waals surface area contributed by atoms with Crippen LogP contribution in [0, 0.1) is 0 Å². The molecule has 3 heterocycles. The summed E-state index contributed by atoms with van der Waals surface area (Å²) in [6.07, 6.45) is -2.50. The van der Waals surface area contributed by atoms with Gasteiger partial charge in [-0.1, -0.05) is 18.2 Å². The van der Waals surface area contributed by atoms with Gasteiger partial charge >= 0.3 is 13.7 Å². The van der Waals surface area contributed by atoms with Crippen molar-refractivity contribution in [1.82, 2.24) is 24.6 Å². The molecule has 1 fully saturated rings. The normalized spacial score (nSPS) is 24.6. The highest BCUT2D eigenvalue weighted by atomic mass is 31.2. The second kappa shape index (κ2) is 12.2. The summed E-state index contributed by atoms with van der Waals surface area (Å²) in [5.41, 5.74) is -2.06. The summed E-state index contributed by atoms with van der Waals surface area (Å²) in [6.45, 7) is 6.60. The Kier molecular flexibility index (Phi) is 9.04. The van der Waals surface area contributed by atoms with Crippen molar-refractivity contribution in [3.63, 3.8) is 0 Å². The van der Waals surface area contributed by atoms with Crippen LogP contribution in [0.4, 0.5) is 10.2 Å². The van der Waals surface area contributed by atoms with Crippen LogP contribution in [0.15, 0.2) is 43.0 Å². The van der Waals surface area contributed by atoms with Gasteiger partial charge in [-0.15, -0.1) is 0 Å². The molecule has 6 atom stereocenters. The van der Waals surface area contributed by atoms with Gasteiger partial charge in [0.1, 0.15) is 30.3 Å². The zero-order chi connectivity index (χ0) is 29.9. The minimum atomic E-state index is -4.30. The number of aliphatic hydroxyl groups excluding tert-OH is 1. The van der Waals surface area contributed by atoms with Gasteiger partial charge in [0, 0.05) is 6.92 Å². The lowest BCUT2D eigenvalue weighted by Gasteiger charge is -2.25. The molecule has 3 aromatic rings. The molecule has 1 aliphatic heterocycles. The Morgan fingerprint density at radius 1 is 1.22 bits per heavy atom. The lowest BCUT2D eigenvalue weighted by atomic mass is 9.98. The summed E-state index contributed by atoms with van der Waals surface area (Å²) >= 11 is 0. The van der Waals surface area contributed by atoms with E-state index in [0.717, 1.165) is 6.92 Å². The molecule has 14 nitrogen and oxygen atoms in total. The van der Waals surface area contributed by atoms with Crippen LogP contribution in [0.3, 0.4) is 0 Å². The Hall–Kier alpha value is -3.49. The van der Waals surface area contributed by atoms with Gasteiger partial charge in [-0.05, 0) is 39.8 Å². The number of imidazole rings is 1. The number of esters is 1. The van der Waals surface area contributed by atoms with E-state index in [-0.39, 0.29) is 28.6 Å². The van der Waals surface area contributed by atoms with Crippen molar-refractivity contribution in [1.29, 1.82) is 0 Å². The zero-order valence-electron chi connectivity index (χ0n) is 23.1. The quantitative estimate of drug-likeness (QED) is 0.219. The molecule has 1 aromatic carbocycles. The van der Waals surface area contributed by atoms with E-state index >= 15 is 4.39 Å². The van der Waals surface area contributed by atoms with Crippen molar-refractivity contribution in [3.05, 3.63) is 43.0 Å². The first-order valence-corrected chi connectivity index (χ1v) is 14.3. The third kappa shape index (κ3) is 6.88.